The lowest BCUT2D eigenvalue weighted by Gasteiger charge is -2.23. The Morgan fingerprint density at radius 2 is 1.36 bits per heavy atom. The summed E-state index contributed by atoms with van der Waals surface area (Å²) in [6.45, 7) is 4.74. The Morgan fingerprint density at radius 1 is 0.909 bits per heavy atom. The van der Waals surface area contributed by atoms with Gasteiger partial charge in [0.05, 0.1) is 26.4 Å². The van der Waals surface area contributed by atoms with Gasteiger partial charge in [-0.3, -0.25) is 19.2 Å². The Kier molecular flexibility index (Phi) is 12.1. The Bertz CT molecular complexity index is 384. The molecule has 0 rings (SSSR count). The molecular formula is C14H24O8. The quantitative estimate of drug-likeness (QED) is 0.458. The minimum absolute atomic E-state index is 0.103. The number of carbonyl (C=O) groups is 4. The highest BCUT2D eigenvalue weighted by Gasteiger charge is 2.43. The van der Waals surface area contributed by atoms with Crippen molar-refractivity contribution >= 4 is 23.5 Å². The first-order valence-electron chi connectivity index (χ1n) is 6.76. The molecule has 0 aromatic carbocycles. The van der Waals surface area contributed by atoms with Gasteiger partial charge in [0.2, 0.25) is 0 Å². The van der Waals surface area contributed by atoms with E-state index in [2.05, 4.69) is 9.47 Å². The van der Waals surface area contributed by atoms with E-state index in [0.717, 1.165) is 6.92 Å². The summed E-state index contributed by atoms with van der Waals surface area (Å²) in [6, 6.07) is 0. The van der Waals surface area contributed by atoms with Gasteiger partial charge < -0.3 is 19.7 Å². The minimum atomic E-state index is -1.80. The predicted octanol–water partition coefficient (Wildman–Crippen LogP) is -0.362. The number of hydrogen-bond acceptors (Lipinski definition) is 8. The van der Waals surface area contributed by atoms with E-state index in [-0.39, 0.29) is 18.8 Å². The lowest BCUT2D eigenvalue weighted by atomic mass is 9.86. The molecule has 22 heavy (non-hydrogen) atoms. The molecule has 0 saturated heterocycles. The third-order valence-corrected chi connectivity index (χ3v) is 2.58. The van der Waals surface area contributed by atoms with E-state index in [1.54, 1.807) is 13.8 Å². The Hall–Kier alpha value is -1.80. The lowest BCUT2D eigenvalue weighted by molar-refractivity contribution is -0.165. The van der Waals surface area contributed by atoms with Crippen LogP contribution in [-0.2, 0) is 28.7 Å². The van der Waals surface area contributed by atoms with Crippen LogP contribution < -0.4 is 0 Å². The van der Waals surface area contributed by atoms with Crippen LogP contribution in [0.1, 0.15) is 34.1 Å². The highest BCUT2D eigenvalue weighted by atomic mass is 16.5. The fourth-order valence-corrected chi connectivity index (χ4v) is 1.23. The van der Waals surface area contributed by atoms with Crippen LogP contribution in [0.15, 0.2) is 0 Å². The van der Waals surface area contributed by atoms with Gasteiger partial charge >= 0.3 is 11.9 Å². The first-order valence-corrected chi connectivity index (χ1v) is 6.76. The van der Waals surface area contributed by atoms with E-state index in [1.165, 1.54) is 6.92 Å². The number of aliphatic hydroxyl groups excluding tert-OH is 2. The molecule has 0 bridgehead atoms. The Labute approximate surface area is 129 Å². The molecule has 8 nitrogen and oxygen atoms in total. The topological polar surface area (TPSA) is 127 Å². The molecule has 0 aliphatic heterocycles. The number of rotatable bonds is 8. The van der Waals surface area contributed by atoms with Crippen molar-refractivity contribution in [3.8, 4) is 0 Å². The molecule has 0 aliphatic rings. The minimum Gasteiger partial charge on any atom is -0.466 e. The van der Waals surface area contributed by atoms with E-state index < -0.39 is 36.4 Å². The van der Waals surface area contributed by atoms with Crippen molar-refractivity contribution in [2.75, 3.05) is 26.4 Å². The molecule has 0 atom stereocenters. The molecule has 0 amide bonds. The van der Waals surface area contributed by atoms with Crippen molar-refractivity contribution < 1.29 is 38.9 Å². The molecule has 0 aliphatic carbocycles. The maximum Gasteiger partial charge on any atom is 0.324 e. The number of Topliss-reactive ketones (excluding diaryl/α,β-unsaturated/α-hetero) is 2. The van der Waals surface area contributed by atoms with Crippen molar-refractivity contribution in [2.45, 2.75) is 34.1 Å². The van der Waals surface area contributed by atoms with Crippen molar-refractivity contribution in [1.29, 1.82) is 0 Å². The van der Waals surface area contributed by atoms with E-state index in [0.29, 0.717) is 6.61 Å². The molecule has 0 unspecified atom stereocenters. The Balaban J connectivity index is 0. The molecule has 0 aromatic rings. The zero-order valence-corrected chi connectivity index (χ0v) is 13.4. The zero-order valence-electron chi connectivity index (χ0n) is 13.4. The van der Waals surface area contributed by atoms with E-state index in [1.807, 2.05) is 0 Å². The molecule has 0 spiro atoms. The summed E-state index contributed by atoms with van der Waals surface area (Å²) in [5, 5.41) is 17.7. The SMILES string of the molecule is CCOC(=O)C(CO)(CO)C(C)=O.CCOC(=O)CC(C)=O. The third-order valence-electron chi connectivity index (χ3n) is 2.58. The van der Waals surface area contributed by atoms with Crippen molar-refractivity contribution in [2.24, 2.45) is 5.41 Å². The standard InChI is InChI=1S/C8H14O5.C6H10O3/c1-3-13-7(12)8(4-9,5-10)6(2)11;1-3-9-6(8)4-5(2)7/h9-10H,3-5H2,1-2H3;3-4H2,1-2H3. The second-order valence-electron chi connectivity index (χ2n) is 4.36. The van der Waals surface area contributed by atoms with Crippen LogP contribution in [0.5, 0.6) is 0 Å². The fourth-order valence-electron chi connectivity index (χ4n) is 1.23. The van der Waals surface area contributed by atoms with Gasteiger partial charge in [0.1, 0.15) is 12.2 Å². The highest BCUT2D eigenvalue weighted by molar-refractivity contribution is 6.03. The Morgan fingerprint density at radius 3 is 1.64 bits per heavy atom. The first-order chi connectivity index (χ1) is 10.2. The number of ether oxygens (including phenoxy) is 2. The monoisotopic (exact) mass is 320 g/mol. The molecule has 0 heterocycles. The van der Waals surface area contributed by atoms with Crippen molar-refractivity contribution in [3.63, 3.8) is 0 Å². The maximum atomic E-state index is 11.2. The van der Waals surface area contributed by atoms with Crippen LogP contribution in [0.4, 0.5) is 0 Å². The molecule has 2 N–H and O–H groups in total. The number of carbonyl (C=O) groups excluding carboxylic acids is 4. The fraction of sp³-hybridized carbons (Fsp3) is 0.714. The third kappa shape index (κ3) is 7.84. The zero-order chi connectivity index (χ0) is 17.8. The summed E-state index contributed by atoms with van der Waals surface area (Å²) in [5.41, 5.74) is -1.80. The van der Waals surface area contributed by atoms with Crippen molar-refractivity contribution in [1.82, 2.24) is 0 Å². The van der Waals surface area contributed by atoms with Crippen LogP contribution in [0, 0.1) is 5.41 Å². The van der Waals surface area contributed by atoms with Gasteiger partial charge in [0, 0.05) is 0 Å². The molecule has 0 saturated carbocycles. The van der Waals surface area contributed by atoms with Gasteiger partial charge in [-0.1, -0.05) is 0 Å². The molecule has 128 valence electrons. The van der Waals surface area contributed by atoms with Crippen LogP contribution in [-0.4, -0.2) is 60.1 Å². The van der Waals surface area contributed by atoms with Gasteiger partial charge in [-0.05, 0) is 27.7 Å². The lowest BCUT2D eigenvalue weighted by Crippen LogP contribution is -2.45. The van der Waals surface area contributed by atoms with Gasteiger partial charge in [-0.15, -0.1) is 0 Å². The maximum absolute atomic E-state index is 11.2. The van der Waals surface area contributed by atoms with Crippen LogP contribution in [0.3, 0.4) is 0 Å². The van der Waals surface area contributed by atoms with E-state index in [9.17, 15) is 19.2 Å². The second-order valence-corrected chi connectivity index (χ2v) is 4.36. The van der Waals surface area contributed by atoms with E-state index >= 15 is 0 Å². The molecular weight excluding hydrogens is 296 g/mol. The summed E-state index contributed by atoms with van der Waals surface area (Å²) >= 11 is 0. The molecule has 0 aromatic heterocycles. The smallest absolute Gasteiger partial charge is 0.324 e. The largest absolute Gasteiger partial charge is 0.466 e. The first kappa shape index (κ1) is 22.5. The van der Waals surface area contributed by atoms with Gasteiger partial charge in [-0.25, -0.2) is 0 Å². The van der Waals surface area contributed by atoms with Crippen molar-refractivity contribution in [3.05, 3.63) is 0 Å². The molecule has 0 radical (unpaired) electrons. The number of hydrogen-bond donors (Lipinski definition) is 2. The molecule has 0 fully saturated rings. The second kappa shape index (κ2) is 11.8. The normalized spacial score (nSPS) is 10.1. The number of ketones is 2. The van der Waals surface area contributed by atoms with Gasteiger partial charge in [-0.2, -0.15) is 0 Å². The summed E-state index contributed by atoms with van der Waals surface area (Å²) in [4.78, 5) is 42.9. The van der Waals surface area contributed by atoms with Crippen LogP contribution in [0.2, 0.25) is 0 Å². The summed E-state index contributed by atoms with van der Waals surface area (Å²) < 4.78 is 9.06. The summed E-state index contributed by atoms with van der Waals surface area (Å²) in [5.74, 6) is -2.08. The predicted molar refractivity (Wildman–Crippen MR) is 75.8 cm³/mol. The highest BCUT2D eigenvalue weighted by Crippen LogP contribution is 2.19. The molecule has 8 heteroatoms. The van der Waals surface area contributed by atoms with Gasteiger partial charge in [0.25, 0.3) is 0 Å². The van der Waals surface area contributed by atoms with E-state index in [4.69, 9.17) is 10.2 Å². The van der Waals surface area contributed by atoms with Crippen LogP contribution >= 0.6 is 0 Å². The average molecular weight is 320 g/mol. The van der Waals surface area contributed by atoms with Crippen LogP contribution in [0.25, 0.3) is 0 Å². The summed E-state index contributed by atoms with van der Waals surface area (Å²) in [6.07, 6.45) is -0.103. The average Bonchev–Trinajstić information content (AvgIpc) is 2.40. The van der Waals surface area contributed by atoms with Gasteiger partial charge in [0.15, 0.2) is 11.2 Å². The summed E-state index contributed by atoms with van der Waals surface area (Å²) in [7, 11) is 0. The number of esters is 2. The number of aliphatic hydroxyl groups is 2.